The third-order valence-corrected chi connectivity index (χ3v) is 4.93. The summed E-state index contributed by atoms with van der Waals surface area (Å²) in [6.45, 7) is 6.80. The van der Waals surface area contributed by atoms with Crippen molar-refractivity contribution in [3.05, 3.63) is 112 Å². The first kappa shape index (κ1) is 25.7. The van der Waals surface area contributed by atoms with Crippen LogP contribution in [-0.2, 0) is 0 Å². The van der Waals surface area contributed by atoms with Crippen LogP contribution in [0.5, 0.6) is 0 Å². The van der Waals surface area contributed by atoms with Gasteiger partial charge in [-0.2, -0.15) is 0 Å². The second kappa shape index (κ2) is 11.5. The van der Waals surface area contributed by atoms with Crippen LogP contribution < -0.4 is 0 Å². The molecule has 0 saturated heterocycles. The molecule has 0 aliphatic rings. The molecule has 2 heterocycles. The molecule has 2 aromatic carbocycles. The molecule has 4 aromatic rings. The van der Waals surface area contributed by atoms with Crippen LogP contribution in [0.1, 0.15) is 24.0 Å². The molecule has 10 heteroatoms. The van der Waals surface area contributed by atoms with Gasteiger partial charge in [-0.3, -0.25) is 0 Å². The number of pyridine rings is 2. The second-order valence-electron chi connectivity index (χ2n) is 6.97. The van der Waals surface area contributed by atoms with Gasteiger partial charge in [0.25, 0.3) is 18.7 Å². The first-order valence-electron chi connectivity index (χ1n) is 9.80. The Bertz CT molecular complexity index is 1340. The highest BCUT2D eigenvalue weighted by Gasteiger charge is 2.12. The fourth-order valence-corrected chi connectivity index (χ4v) is 3.12. The minimum Gasteiger partial charge on any atom is -0.361 e. The highest BCUT2D eigenvalue weighted by atomic mass is 35.5. The van der Waals surface area contributed by atoms with Gasteiger partial charge in [-0.1, -0.05) is 66.7 Å². The molecule has 178 valence electrons. The van der Waals surface area contributed by atoms with E-state index in [9.17, 15) is 26.3 Å². The fraction of sp³-hybridized carbons (Fsp3) is 0.0800. The van der Waals surface area contributed by atoms with Crippen molar-refractivity contribution in [2.45, 2.75) is 12.9 Å². The Hall–Kier alpha value is -3.90. The Morgan fingerprint density at radius 2 is 1.11 bits per heavy atom. The summed E-state index contributed by atoms with van der Waals surface area (Å²) in [6, 6.07) is 13.3. The van der Waals surface area contributed by atoms with Gasteiger partial charge >= 0.3 is 0 Å². The van der Waals surface area contributed by atoms with E-state index in [-0.39, 0.29) is 33.2 Å². The smallest absolute Gasteiger partial charge is 0.270 e. The molecule has 0 spiro atoms. The van der Waals surface area contributed by atoms with Crippen LogP contribution in [0.2, 0.25) is 5.15 Å². The van der Waals surface area contributed by atoms with Gasteiger partial charge in [0, 0.05) is 22.3 Å². The molecule has 0 N–H and O–H groups in total. The van der Waals surface area contributed by atoms with Crippen molar-refractivity contribution < 1.29 is 26.3 Å². The molecule has 0 unspecified atom stereocenters. The van der Waals surface area contributed by atoms with E-state index >= 15 is 0 Å². The average molecular weight is 506 g/mol. The maximum atomic E-state index is 13.5. The van der Waals surface area contributed by atoms with Gasteiger partial charge in [-0.25, -0.2) is 31.3 Å². The zero-order chi connectivity index (χ0) is 25.5. The first-order valence-corrected chi connectivity index (χ1v) is 10.2. The van der Waals surface area contributed by atoms with E-state index in [1.165, 1.54) is 60.7 Å². The Balaban J connectivity index is 0.000000196. The van der Waals surface area contributed by atoms with E-state index in [1.54, 1.807) is 0 Å². The fourth-order valence-electron chi connectivity index (χ4n) is 2.96. The van der Waals surface area contributed by atoms with Crippen LogP contribution in [0.25, 0.3) is 27.1 Å². The van der Waals surface area contributed by atoms with Gasteiger partial charge in [0.15, 0.2) is 12.0 Å². The Morgan fingerprint density at radius 1 is 0.686 bits per heavy atom. The zero-order valence-electron chi connectivity index (χ0n) is 17.6. The van der Waals surface area contributed by atoms with E-state index in [1.807, 2.05) is 0 Å². The van der Waals surface area contributed by atoms with Crippen LogP contribution in [-0.4, -0.2) is 9.97 Å². The van der Waals surface area contributed by atoms with Crippen molar-refractivity contribution in [2.24, 2.45) is 0 Å². The number of aromatic nitrogens is 2. The lowest BCUT2D eigenvalue weighted by atomic mass is 10.0. The number of alkyl halides is 4. The number of hydrogen-bond donors (Lipinski definition) is 0. The Labute approximate surface area is 201 Å². The molecule has 4 rings (SSSR count). The molecule has 0 aliphatic carbocycles. The van der Waals surface area contributed by atoms with Gasteiger partial charge in [-0.05, 0) is 23.3 Å². The normalized spacial score (nSPS) is 10.6. The number of rotatable bonds is 4. The number of nitrogens with zero attached hydrogens (tertiary/aromatic N) is 3. The topological polar surface area (TPSA) is 30.1 Å². The number of halogens is 7. The number of hydrogen-bond acceptors (Lipinski definition) is 2. The molecular formula is C25H14ClF6N3. The van der Waals surface area contributed by atoms with E-state index in [0.717, 1.165) is 12.4 Å². The quantitative estimate of drug-likeness (QED) is 0.157. The molecule has 0 bridgehead atoms. The van der Waals surface area contributed by atoms with E-state index in [4.69, 9.17) is 18.2 Å². The van der Waals surface area contributed by atoms with Crippen LogP contribution in [0, 0.1) is 18.2 Å². The lowest BCUT2D eigenvalue weighted by Crippen LogP contribution is -1.88. The standard InChI is InChI=1S/C13H7F3N2.C12H7ClF3N/c1-17-12-6-10(11(14)7-18-12)8-2-4-9(5-3-8)13(15)16;13-11-5-9(10(14)6-17-11)7-1-3-8(4-2-7)12(15)16/h2-7,13H;1-6,12H. The minimum atomic E-state index is -2.56. The van der Waals surface area contributed by atoms with Crippen LogP contribution in [0.4, 0.5) is 32.2 Å². The molecular weight excluding hydrogens is 492 g/mol. The van der Waals surface area contributed by atoms with Gasteiger partial charge in [-0.15, -0.1) is 4.98 Å². The van der Waals surface area contributed by atoms with Gasteiger partial charge in [0.2, 0.25) is 0 Å². The average Bonchev–Trinajstić information content (AvgIpc) is 2.86. The molecule has 2 aromatic heterocycles. The first-order chi connectivity index (χ1) is 16.7. The molecule has 0 aliphatic heterocycles. The molecule has 0 radical (unpaired) electrons. The monoisotopic (exact) mass is 505 g/mol. The molecule has 0 fully saturated rings. The van der Waals surface area contributed by atoms with Crippen LogP contribution in [0.3, 0.4) is 0 Å². The third-order valence-electron chi connectivity index (χ3n) is 4.72. The summed E-state index contributed by atoms with van der Waals surface area (Å²) in [6.07, 6.45) is -3.14. The van der Waals surface area contributed by atoms with Gasteiger partial charge in [0.05, 0.1) is 6.20 Å². The predicted octanol–water partition coefficient (Wildman–Crippen LogP) is 8.85. The summed E-state index contributed by atoms with van der Waals surface area (Å²) in [5.41, 5.74) is 1.11. The third kappa shape index (κ3) is 6.58. The summed E-state index contributed by atoms with van der Waals surface area (Å²) in [7, 11) is 0. The van der Waals surface area contributed by atoms with Crippen molar-refractivity contribution in [1.29, 1.82) is 0 Å². The summed E-state index contributed by atoms with van der Waals surface area (Å²) in [4.78, 5) is 10.3. The molecule has 0 saturated carbocycles. The SMILES string of the molecule is Fc1cnc(Cl)cc1-c1ccc(C(F)F)cc1.[C-]#[N+]c1cc(-c2ccc(C(F)F)cc2)c(F)cn1. The summed E-state index contributed by atoms with van der Waals surface area (Å²) in [5.74, 6) is -1.07. The summed E-state index contributed by atoms with van der Waals surface area (Å²) >= 11 is 5.65. The Morgan fingerprint density at radius 3 is 1.54 bits per heavy atom. The molecule has 0 atom stereocenters. The van der Waals surface area contributed by atoms with Gasteiger partial charge in [0.1, 0.15) is 11.0 Å². The van der Waals surface area contributed by atoms with E-state index in [2.05, 4.69) is 14.8 Å². The van der Waals surface area contributed by atoms with Crippen LogP contribution in [0.15, 0.2) is 73.1 Å². The molecule has 3 nitrogen and oxygen atoms in total. The maximum absolute atomic E-state index is 13.5. The Kier molecular flexibility index (Phi) is 8.44. The summed E-state index contributed by atoms with van der Waals surface area (Å²) in [5, 5.41) is 0.152. The van der Waals surface area contributed by atoms with Crippen molar-refractivity contribution >= 4 is 17.4 Å². The van der Waals surface area contributed by atoms with E-state index in [0.29, 0.717) is 11.1 Å². The predicted molar refractivity (Wildman–Crippen MR) is 120 cm³/mol. The van der Waals surface area contributed by atoms with Crippen molar-refractivity contribution in [1.82, 2.24) is 9.97 Å². The minimum absolute atomic E-state index is 0.0596. The van der Waals surface area contributed by atoms with Crippen molar-refractivity contribution in [3.8, 4) is 22.3 Å². The van der Waals surface area contributed by atoms with Crippen molar-refractivity contribution in [2.75, 3.05) is 0 Å². The number of benzene rings is 2. The summed E-state index contributed by atoms with van der Waals surface area (Å²) < 4.78 is 76.4. The highest BCUT2D eigenvalue weighted by Crippen LogP contribution is 2.29. The van der Waals surface area contributed by atoms with Crippen molar-refractivity contribution in [3.63, 3.8) is 0 Å². The lowest BCUT2D eigenvalue weighted by molar-refractivity contribution is 0.151. The molecule has 35 heavy (non-hydrogen) atoms. The second-order valence-corrected chi connectivity index (χ2v) is 7.35. The lowest BCUT2D eigenvalue weighted by Gasteiger charge is -2.05. The maximum Gasteiger partial charge on any atom is 0.270 e. The van der Waals surface area contributed by atoms with E-state index < -0.39 is 24.5 Å². The van der Waals surface area contributed by atoms with Crippen LogP contribution >= 0.6 is 11.6 Å². The molecule has 0 amide bonds. The zero-order valence-corrected chi connectivity index (χ0v) is 18.3. The van der Waals surface area contributed by atoms with Gasteiger partial charge < -0.3 is 4.85 Å². The highest BCUT2D eigenvalue weighted by molar-refractivity contribution is 6.29. The largest absolute Gasteiger partial charge is 0.361 e.